The molecule has 2 rings (SSSR count). The van der Waals surface area contributed by atoms with E-state index in [1.807, 2.05) is 16.7 Å². The van der Waals surface area contributed by atoms with Crippen molar-refractivity contribution in [3.63, 3.8) is 0 Å². The van der Waals surface area contributed by atoms with Gasteiger partial charge in [0.1, 0.15) is 11.5 Å². The van der Waals surface area contributed by atoms with Gasteiger partial charge in [-0.1, -0.05) is 13.3 Å². The molecule has 0 amide bonds. The Bertz CT molecular complexity index is 457. The Morgan fingerprint density at radius 3 is 3.00 bits per heavy atom. The van der Waals surface area contributed by atoms with E-state index in [9.17, 15) is 0 Å². The Morgan fingerprint density at radius 1 is 1.50 bits per heavy atom. The summed E-state index contributed by atoms with van der Waals surface area (Å²) in [7, 11) is 0. The van der Waals surface area contributed by atoms with E-state index >= 15 is 0 Å². The van der Waals surface area contributed by atoms with Crippen LogP contribution in [0, 0.1) is 6.92 Å². The minimum Gasteiger partial charge on any atom is -0.383 e. The predicted molar refractivity (Wildman–Crippen MR) is 58.3 cm³/mol. The molecule has 0 aliphatic rings. The molecular formula is C11H15N3. The van der Waals surface area contributed by atoms with Gasteiger partial charge in [0.05, 0.1) is 5.69 Å². The fourth-order valence-corrected chi connectivity index (χ4v) is 1.63. The molecule has 0 atom stereocenters. The zero-order valence-electron chi connectivity index (χ0n) is 8.62. The molecule has 14 heavy (non-hydrogen) atoms. The summed E-state index contributed by atoms with van der Waals surface area (Å²) in [4.78, 5) is 4.50. The van der Waals surface area contributed by atoms with Crippen LogP contribution in [0.4, 0.5) is 5.82 Å². The number of nitrogens with two attached hydrogens (primary N) is 1. The minimum atomic E-state index is 0.779. The summed E-state index contributed by atoms with van der Waals surface area (Å²) in [6, 6.07) is 4.09. The number of hydrogen-bond donors (Lipinski definition) is 1. The van der Waals surface area contributed by atoms with Gasteiger partial charge in [-0.3, -0.25) is 4.40 Å². The molecule has 0 unspecified atom stereocenters. The number of nitrogens with zero attached hydrogens (tertiary/aromatic N) is 2. The van der Waals surface area contributed by atoms with Crippen LogP contribution in [-0.4, -0.2) is 9.38 Å². The minimum absolute atomic E-state index is 0.779. The topological polar surface area (TPSA) is 43.3 Å². The summed E-state index contributed by atoms with van der Waals surface area (Å²) in [5.41, 5.74) is 9.15. The summed E-state index contributed by atoms with van der Waals surface area (Å²) < 4.78 is 1.94. The Labute approximate surface area is 83.6 Å². The van der Waals surface area contributed by atoms with Crippen LogP contribution in [0.15, 0.2) is 18.3 Å². The number of fused-ring (bicyclic) bond motifs is 1. The standard InChI is InChI=1S/C11H15N3/c1-3-4-9-11(12)14-6-5-8(2)7-10(14)13-9/h5-7H,3-4,12H2,1-2H3. The van der Waals surface area contributed by atoms with Gasteiger partial charge in [-0.2, -0.15) is 0 Å². The van der Waals surface area contributed by atoms with Gasteiger partial charge in [0.25, 0.3) is 0 Å². The van der Waals surface area contributed by atoms with Crippen LogP contribution in [0.3, 0.4) is 0 Å². The summed E-state index contributed by atoms with van der Waals surface area (Å²) in [6.45, 7) is 4.19. The molecule has 0 fully saturated rings. The van der Waals surface area contributed by atoms with E-state index in [0.717, 1.165) is 30.0 Å². The van der Waals surface area contributed by atoms with Crippen molar-refractivity contribution >= 4 is 11.5 Å². The average molecular weight is 189 g/mol. The Hall–Kier alpha value is -1.51. The van der Waals surface area contributed by atoms with E-state index in [4.69, 9.17) is 5.73 Å². The van der Waals surface area contributed by atoms with Crippen molar-refractivity contribution in [1.29, 1.82) is 0 Å². The normalized spacial score (nSPS) is 11.0. The molecule has 0 spiro atoms. The molecule has 2 aromatic heterocycles. The number of nitrogen functional groups attached to an aromatic ring is 1. The second-order valence-electron chi connectivity index (χ2n) is 3.63. The highest BCUT2D eigenvalue weighted by Gasteiger charge is 2.07. The van der Waals surface area contributed by atoms with Crippen molar-refractivity contribution in [3.8, 4) is 0 Å². The van der Waals surface area contributed by atoms with Crippen molar-refractivity contribution < 1.29 is 0 Å². The third-order valence-corrected chi connectivity index (χ3v) is 2.38. The fraction of sp³-hybridized carbons (Fsp3) is 0.364. The zero-order chi connectivity index (χ0) is 10.1. The smallest absolute Gasteiger partial charge is 0.138 e. The molecule has 0 aliphatic carbocycles. The second kappa shape index (κ2) is 3.33. The van der Waals surface area contributed by atoms with Gasteiger partial charge in [-0.15, -0.1) is 0 Å². The first kappa shape index (κ1) is 9.06. The van der Waals surface area contributed by atoms with Crippen LogP contribution in [0.25, 0.3) is 5.65 Å². The second-order valence-corrected chi connectivity index (χ2v) is 3.63. The highest BCUT2D eigenvalue weighted by Crippen LogP contribution is 2.16. The Balaban J connectivity index is 2.61. The molecule has 0 aromatic carbocycles. The van der Waals surface area contributed by atoms with E-state index in [1.165, 1.54) is 5.56 Å². The van der Waals surface area contributed by atoms with Crippen molar-refractivity contribution in [1.82, 2.24) is 9.38 Å². The first-order valence-electron chi connectivity index (χ1n) is 4.95. The molecule has 0 saturated heterocycles. The Kier molecular flexibility index (Phi) is 2.15. The molecule has 3 nitrogen and oxygen atoms in total. The predicted octanol–water partition coefficient (Wildman–Crippen LogP) is 2.18. The number of rotatable bonds is 2. The van der Waals surface area contributed by atoms with E-state index in [-0.39, 0.29) is 0 Å². The SMILES string of the molecule is CCCc1nc2cc(C)ccn2c1N. The van der Waals surface area contributed by atoms with Gasteiger partial charge in [-0.05, 0) is 31.0 Å². The number of pyridine rings is 1. The first-order chi connectivity index (χ1) is 6.72. The van der Waals surface area contributed by atoms with E-state index in [1.54, 1.807) is 0 Å². The number of aryl methyl sites for hydroxylation is 2. The molecular weight excluding hydrogens is 174 g/mol. The van der Waals surface area contributed by atoms with Crippen LogP contribution < -0.4 is 5.73 Å². The Morgan fingerprint density at radius 2 is 2.29 bits per heavy atom. The molecule has 0 saturated carbocycles. The maximum absolute atomic E-state index is 5.98. The highest BCUT2D eigenvalue weighted by molar-refractivity contribution is 5.53. The number of imidazole rings is 1. The largest absolute Gasteiger partial charge is 0.383 e. The maximum Gasteiger partial charge on any atom is 0.138 e. The zero-order valence-corrected chi connectivity index (χ0v) is 8.62. The first-order valence-corrected chi connectivity index (χ1v) is 4.95. The fourth-order valence-electron chi connectivity index (χ4n) is 1.63. The van der Waals surface area contributed by atoms with Gasteiger partial charge >= 0.3 is 0 Å². The monoisotopic (exact) mass is 189 g/mol. The number of aromatic nitrogens is 2. The van der Waals surface area contributed by atoms with Gasteiger partial charge in [-0.25, -0.2) is 4.98 Å². The van der Waals surface area contributed by atoms with Crippen LogP contribution in [-0.2, 0) is 6.42 Å². The van der Waals surface area contributed by atoms with Gasteiger partial charge < -0.3 is 5.73 Å². The van der Waals surface area contributed by atoms with E-state index in [0.29, 0.717) is 0 Å². The summed E-state index contributed by atoms with van der Waals surface area (Å²) in [6.07, 6.45) is 4.01. The van der Waals surface area contributed by atoms with Crippen LogP contribution >= 0.6 is 0 Å². The summed E-state index contributed by atoms with van der Waals surface area (Å²) in [5.74, 6) is 0.779. The molecule has 74 valence electrons. The molecule has 2 N–H and O–H groups in total. The number of anilines is 1. The van der Waals surface area contributed by atoms with Gasteiger partial charge in [0.15, 0.2) is 0 Å². The maximum atomic E-state index is 5.98. The van der Waals surface area contributed by atoms with E-state index < -0.39 is 0 Å². The van der Waals surface area contributed by atoms with Crippen molar-refractivity contribution in [2.24, 2.45) is 0 Å². The van der Waals surface area contributed by atoms with Gasteiger partial charge in [0.2, 0.25) is 0 Å². The lowest BCUT2D eigenvalue weighted by Crippen LogP contribution is -1.95. The molecule has 2 aromatic rings. The molecule has 2 heterocycles. The molecule has 3 heteroatoms. The third kappa shape index (κ3) is 1.35. The lowest BCUT2D eigenvalue weighted by molar-refractivity contribution is 0.897. The molecule has 0 bridgehead atoms. The molecule has 0 aliphatic heterocycles. The van der Waals surface area contributed by atoms with Crippen LogP contribution in [0.1, 0.15) is 24.6 Å². The van der Waals surface area contributed by atoms with Crippen molar-refractivity contribution in [2.45, 2.75) is 26.7 Å². The summed E-state index contributed by atoms with van der Waals surface area (Å²) >= 11 is 0. The van der Waals surface area contributed by atoms with Crippen molar-refractivity contribution in [3.05, 3.63) is 29.6 Å². The van der Waals surface area contributed by atoms with E-state index in [2.05, 4.69) is 24.9 Å². The van der Waals surface area contributed by atoms with Crippen molar-refractivity contribution in [2.75, 3.05) is 5.73 Å². The van der Waals surface area contributed by atoms with Crippen LogP contribution in [0.5, 0.6) is 0 Å². The van der Waals surface area contributed by atoms with Crippen LogP contribution in [0.2, 0.25) is 0 Å². The quantitative estimate of drug-likeness (QED) is 0.786. The average Bonchev–Trinajstić information content (AvgIpc) is 2.44. The lowest BCUT2D eigenvalue weighted by Gasteiger charge is -1.97. The van der Waals surface area contributed by atoms with Gasteiger partial charge in [0, 0.05) is 6.20 Å². The third-order valence-electron chi connectivity index (χ3n) is 2.38. The summed E-state index contributed by atoms with van der Waals surface area (Å²) in [5, 5.41) is 0. The number of hydrogen-bond acceptors (Lipinski definition) is 2. The molecule has 0 radical (unpaired) electrons. The highest BCUT2D eigenvalue weighted by atomic mass is 15.1. The lowest BCUT2D eigenvalue weighted by atomic mass is 10.2.